The fourth-order valence-electron chi connectivity index (χ4n) is 0.815. The van der Waals surface area contributed by atoms with Crippen LogP contribution in [0.15, 0.2) is 12.3 Å². The molecule has 0 heterocycles. The van der Waals surface area contributed by atoms with E-state index in [0.29, 0.717) is 6.61 Å². The number of allylic oxidation sites excluding steroid dienone is 1. The molecule has 1 N–H and O–H groups in total. The van der Waals surface area contributed by atoms with Crippen molar-refractivity contribution < 1.29 is 9.84 Å². The van der Waals surface area contributed by atoms with Crippen LogP contribution in [-0.2, 0) is 4.74 Å². The highest BCUT2D eigenvalue weighted by atomic mass is 16.5. The Morgan fingerprint density at radius 1 is 1.18 bits per heavy atom. The first-order valence-corrected chi connectivity index (χ1v) is 4.25. The second-order valence-corrected chi connectivity index (χ2v) is 2.48. The molecule has 0 bridgehead atoms. The van der Waals surface area contributed by atoms with E-state index in [-0.39, 0.29) is 0 Å². The van der Waals surface area contributed by atoms with Crippen molar-refractivity contribution in [2.24, 2.45) is 0 Å². The molecule has 2 heteroatoms. The zero-order valence-electron chi connectivity index (χ0n) is 7.25. The molecule has 0 aromatic heterocycles. The first-order chi connectivity index (χ1) is 5.41. The largest absolute Gasteiger partial charge is 0.502 e. The van der Waals surface area contributed by atoms with Gasteiger partial charge >= 0.3 is 0 Å². The predicted octanol–water partition coefficient (Wildman–Crippen LogP) is 2.09. The molecule has 0 saturated carbocycles. The van der Waals surface area contributed by atoms with Gasteiger partial charge in [0.15, 0.2) is 0 Å². The van der Waals surface area contributed by atoms with Gasteiger partial charge in [-0.1, -0.05) is 12.5 Å². The molecular weight excluding hydrogens is 140 g/mol. The van der Waals surface area contributed by atoms with Gasteiger partial charge in [-0.2, -0.15) is 0 Å². The second kappa shape index (κ2) is 9.50. The van der Waals surface area contributed by atoms with E-state index in [2.05, 4.69) is 0 Å². The maximum Gasteiger partial charge on any atom is 0.0873 e. The maximum atomic E-state index is 8.46. The smallest absolute Gasteiger partial charge is 0.0873 e. The summed E-state index contributed by atoms with van der Waals surface area (Å²) in [5.74, 6) is 0. The zero-order valence-corrected chi connectivity index (χ0v) is 7.25. The van der Waals surface area contributed by atoms with Crippen molar-refractivity contribution in [1.82, 2.24) is 0 Å². The Labute approximate surface area is 68.9 Å². The normalized spacial score (nSPS) is 10.7. The Kier molecular flexibility index (Phi) is 9.07. The van der Waals surface area contributed by atoms with Gasteiger partial charge in [0.1, 0.15) is 0 Å². The number of hydrogen-bond acceptors (Lipinski definition) is 2. The van der Waals surface area contributed by atoms with Crippen LogP contribution < -0.4 is 0 Å². The Morgan fingerprint density at radius 2 is 1.91 bits per heavy atom. The Morgan fingerprint density at radius 3 is 2.55 bits per heavy atom. The van der Waals surface area contributed by atoms with Gasteiger partial charge in [-0.05, 0) is 26.2 Å². The van der Waals surface area contributed by atoms with Crippen molar-refractivity contribution in [2.45, 2.75) is 32.6 Å². The third-order valence-corrected chi connectivity index (χ3v) is 1.40. The topological polar surface area (TPSA) is 29.5 Å². The van der Waals surface area contributed by atoms with Crippen LogP contribution in [0, 0.1) is 0 Å². The van der Waals surface area contributed by atoms with E-state index in [1.54, 1.807) is 6.26 Å². The van der Waals surface area contributed by atoms with Crippen LogP contribution in [0.1, 0.15) is 32.6 Å². The minimum Gasteiger partial charge on any atom is -0.502 e. The van der Waals surface area contributed by atoms with E-state index in [0.717, 1.165) is 32.3 Å². The molecule has 0 radical (unpaired) electrons. The van der Waals surface area contributed by atoms with Crippen LogP contribution in [0.5, 0.6) is 0 Å². The Bertz CT molecular complexity index is 89.6. The summed E-state index contributed by atoms with van der Waals surface area (Å²) >= 11 is 0. The first-order valence-electron chi connectivity index (χ1n) is 4.25. The molecule has 0 aromatic carbocycles. The van der Waals surface area contributed by atoms with Gasteiger partial charge in [0.05, 0.1) is 12.9 Å². The minimum absolute atomic E-state index is 0.315. The molecule has 0 amide bonds. The van der Waals surface area contributed by atoms with E-state index in [1.165, 1.54) is 0 Å². The number of rotatable bonds is 7. The summed E-state index contributed by atoms with van der Waals surface area (Å²) in [7, 11) is 0. The van der Waals surface area contributed by atoms with Crippen LogP contribution in [0.2, 0.25) is 0 Å². The fraction of sp³-hybridized carbons (Fsp3) is 0.778. The molecule has 0 aliphatic heterocycles. The second-order valence-electron chi connectivity index (χ2n) is 2.48. The molecule has 11 heavy (non-hydrogen) atoms. The molecule has 0 saturated heterocycles. The lowest BCUT2D eigenvalue weighted by Crippen LogP contribution is -1.89. The summed E-state index contributed by atoms with van der Waals surface area (Å²) < 4.78 is 5.12. The van der Waals surface area contributed by atoms with Crippen LogP contribution in [-0.4, -0.2) is 18.3 Å². The quantitative estimate of drug-likeness (QED) is 0.454. The van der Waals surface area contributed by atoms with Crippen molar-refractivity contribution in [3.05, 3.63) is 12.3 Å². The summed E-state index contributed by atoms with van der Waals surface area (Å²) in [4.78, 5) is 0. The van der Waals surface area contributed by atoms with Crippen molar-refractivity contribution in [3.8, 4) is 0 Å². The van der Waals surface area contributed by atoms with Gasteiger partial charge in [0.2, 0.25) is 0 Å². The molecule has 66 valence electrons. The van der Waals surface area contributed by atoms with Crippen molar-refractivity contribution in [3.63, 3.8) is 0 Å². The molecular formula is C9H18O2. The van der Waals surface area contributed by atoms with Gasteiger partial charge in [0, 0.05) is 6.61 Å². The van der Waals surface area contributed by atoms with Crippen LogP contribution in [0.25, 0.3) is 0 Å². The monoisotopic (exact) mass is 158 g/mol. The minimum atomic E-state index is 0.315. The molecule has 0 fully saturated rings. The van der Waals surface area contributed by atoms with Gasteiger partial charge < -0.3 is 9.84 Å². The lowest BCUT2D eigenvalue weighted by Gasteiger charge is -1.99. The zero-order chi connectivity index (χ0) is 8.36. The molecule has 0 atom stereocenters. The molecule has 0 spiro atoms. The number of unbranched alkanes of at least 4 members (excludes halogenated alkanes) is 3. The highest BCUT2D eigenvalue weighted by molar-refractivity contribution is 4.64. The average molecular weight is 158 g/mol. The van der Waals surface area contributed by atoms with E-state index >= 15 is 0 Å². The first kappa shape index (κ1) is 10.5. The summed E-state index contributed by atoms with van der Waals surface area (Å²) in [6.07, 6.45) is 7.86. The molecule has 2 nitrogen and oxygen atoms in total. The van der Waals surface area contributed by atoms with E-state index in [4.69, 9.17) is 9.84 Å². The lowest BCUT2D eigenvalue weighted by molar-refractivity contribution is 0.235. The highest BCUT2D eigenvalue weighted by Gasteiger charge is 1.87. The molecule has 0 rings (SSSR count). The molecule has 0 unspecified atom stereocenters. The third-order valence-electron chi connectivity index (χ3n) is 1.40. The van der Waals surface area contributed by atoms with Gasteiger partial charge in [0.25, 0.3) is 0 Å². The van der Waals surface area contributed by atoms with Crippen LogP contribution in [0.3, 0.4) is 0 Å². The number of aliphatic hydroxyl groups excluding tert-OH is 1. The Hall–Kier alpha value is -0.500. The van der Waals surface area contributed by atoms with Gasteiger partial charge in [-0.15, -0.1) is 0 Å². The van der Waals surface area contributed by atoms with Crippen LogP contribution in [0.4, 0.5) is 0 Å². The molecule has 0 aromatic rings. The molecule has 0 aliphatic rings. The highest BCUT2D eigenvalue weighted by Crippen LogP contribution is 1.98. The SMILES string of the molecule is CC=COCCCCCCO. The van der Waals surface area contributed by atoms with E-state index in [9.17, 15) is 0 Å². The fourth-order valence-corrected chi connectivity index (χ4v) is 0.815. The summed E-state index contributed by atoms with van der Waals surface area (Å²) in [6.45, 7) is 3.05. The summed E-state index contributed by atoms with van der Waals surface area (Å²) in [5.41, 5.74) is 0. The van der Waals surface area contributed by atoms with Crippen molar-refractivity contribution in [2.75, 3.05) is 13.2 Å². The van der Waals surface area contributed by atoms with Crippen molar-refractivity contribution >= 4 is 0 Å². The molecule has 0 aliphatic carbocycles. The van der Waals surface area contributed by atoms with Crippen LogP contribution >= 0.6 is 0 Å². The third kappa shape index (κ3) is 9.50. The maximum absolute atomic E-state index is 8.46. The number of ether oxygens (including phenoxy) is 1. The Balaban J connectivity index is 2.79. The van der Waals surface area contributed by atoms with Gasteiger partial charge in [-0.3, -0.25) is 0 Å². The standard InChI is InChI=1S/C9H18O2/c1-2-8-11-9-6-4-3-5-7-10/h2,8,10H,3-7,9H2,1H3. The van der Waals surface area contributed by atoms with Gasteiger partial charge in [-0.25, -0.2) is 0 Å². The lowest BCUT2D eigenvalue weighted by atomic mass is 10.2. The average Bonchev–Trinajstić information content (AvgIpc) is 2.03. The predicted molar refractivity (Wildman–Crippen MR) is 46.3 cm³/mol. The summed E-state index contributed by atoms with van der Waals surface area (Å²) in [5, 5.41) is 8.46. The van der Waals surface area contributed by atoms with E-state index in [1.807, 2.05) is 13.0 Å². The number of hydrogen-bond donors (Lipinski definition) is 1. The van der Waals surface area contributed by atoms with E-state index < -0.39 is 0 Å². The summed E-state index contributed by atoms with van der Waals surface area (Å²) in [6, 6.07) is 0. The van der Waals surface area contributed by atoms with Crippen molar-refractivity contribution in [1.29, 1.82) is 0 Å². The number of aliphatic hydroxyl groups is 1.